The molecule has 1 fully saturated rings. The lowest BCUT2D eigenvalue weighted by atomic mass is 10.0. The molecule has 1 saturated heterocycles. The van der Waals surface area contributed by atoms with Gasteiger partial charge in [0.15, 0.2) is 0 Å². The van der Waals surface area contributed by atoms with Crippen molar-refractivity contribution in [3.8, 4) is 0 Å². The molecule has 5 heteroatoms. The fourth-order valence-corrected chi connectivity index (χ4v) is 2.76. The molecule has 1 aliphatic rings. The average Bonchev–Trinajstić information content (AvgIpc) is 2.41. The van der Waals surface area contributed by atoms with Crippen molar-refractivity contribution in [2.75, 3.05) is 24.5 Å². The Bertz CT molecular complexity index is 432. The summed E-state index contributed by atoms with van der Waals surface area (Å²) >= 11 is 3.11. The number of hydrogen-bond acceptors (Lipinski definition) is 2. The van der Waals surface area contributed by atoms with Gasteiger partial charge in [-0.05, 0) is 47.8 Å². The molecule has 106 valence electrons. The quantitative estimate of drug-likeness (QED) is 0.846. The molecule has 0 saturated carbocycles. The van der Waals surface area contributed by atoms with E-state index in [2.05, 4.69) is 28.2 Å². The number of nitrogens with zero attached hydrogens (tertiary/aromatic N) is 1. The molecule has 0 bridgehead atoms. The molecule has 0 unspecified atom stereocenters. The van der Waals surface area contributed by atoms with Gasteiger partial charge in [0.05, 0.1) is 10.2 Å². The second-order valence-corrected chi connectivity index (χ2v) is 5.79. The standard InChI is InChI=1S/C14H19BrF2N2/c1-2-5-18-10-3-6-19(7-4-10)14-8-11(15)12(16)9-13(14)17/h8-10,18H,2-7H2,1H3. The summed E-state index contributed by atoms with van der Waals surface area (Å²) in [5, 5.41) is 3.49. The minimum Gasteiger partial charge on any atom is -0.369 e. The number of halogens is 3. The molecule has 2 rings (SSSR count). The van der Waals surface area contributed by atoms with Crippen LogP contribution in [0, 0.1) is 11.6 Å². The van der Waals surface area contributed by atoms with E-state index in [1.54, 1.807) is 0 Å². The summed E-state index contributed by atoms with van der Waals surface area (Å²) in [6.07, 6.45) is 3.11. The number of anilines is 1. The summed E-state index contributed by atoms with van der Waals surface area (Å²) in [5.74, 6) is -1.04. The molecule has 2 nitrogen and oxygen atoms in total. The maximum atomic E-state index is 13.8. The molecule has 1 heterocycles. The van der Waals surface area contributed by atoms with E-state index in [-0.39, 0.29) is 0 Å². The van der Waals surface area contributed by atoms with Crippen LogP contribution in [0.5, 0.6) is 0 Å². The van der Waals surface area contributed by atoms with Crippen LogP contribution in [0.2, 0.25) is 0 Å². The summed E-state index contributed by atoms with van der Waals surface area (Å²) in [4.78, 5) is 1.99. The third-order valence-corrected chi connectivity index (χ3v) is 4.12. The predicted molar refractivity (Wildman–Crippen MR) is 77.6 cm³/mol. The van der Waals surface area contributed by atoms with Gasteiger partial charge in [0, 0.05) is 25.2 Å². The van der Waals surface area contributed by atoms with E-state index in [0.29, 0.717) is 16.2 Å². The van der Waals surface area contributed by atoms with E-state index in [4.69, 9.17) is 0 Å². The fraction of sp³-hybridized carbons (Fsp3) is 0.571. The third-order valence-electron chi connectivity index (χ3n) is 3.51. The summed E-state index contributed by atoms with van der Waals surface area (Å²) in [6, 6.07) is 2.99. The zero-order valence-electron chi connectivity index (χ0n) is 11.1. The van der Waals surface area contributed by atoms with Gasteiger partial charge < -0.3 is 10.2 Å². The Labute approximate surface area is 121 Å². The second kappa shape index (κ2) is 6.66. The first-order chi connectivity index (χ1) is 9.11. The molecular weight excluding hydrogens is 314 g/mol. The molecule has 1 N–H and O–H groups in total. The van der Waals surface area contributed by atoms with Crippen LogP contribution < -0.4 is 10.2 Å². The van der Waals surface area contributed by atoms with Gasteiger partial charge in [-0.1, -0.05) is 6.92 Å². The molecular formula is C14H19BrF2N2. The van der Waals surface area contributed by atoms with Gasteiger partial charge in [-0.25, -0.2) is 8.78 Å². The number of piperidine rings is 1. The van der Waals surface area contributed by atoms with Crippen molar-refractivity contribution in [2.45, 2.75) is 32.2 Å². The highest BCUT2D eigenvalue weighted by Gasteiger charge is 2.21. The van der Waals surface area contributed by atoms with Crippen molar-refractivity contribution in [3.05, 3.63) is 28.2 Å². The molecule has 1 aromatic carbocycles. The molecule has 0 amide bonds. The van der Waals surface area contributed by atoms with Crippen LogP contribution in [0.1, 0.15) is 26.2 Å². The van der Waals surface area contributed by atoms with Gasteiger partial charge in [0.2, 0.25) is 0 Å². The van der Waals surface area contributed by atoms with Crippen LogP contribution in [0.3, 0.4) is 0 Å². The lowest BCUT2D eigenvalue weighted by molar-refractivity contribution is 0.413. The highest BCUT2D eigenvalue weighted by molar-refractivity contribution is 9.10. The third kappa shape index (κ3) is 3.66. The zero-order chi connectivity index (χ0) is 13.8. The van der Waals surface area contributed by atoms with E-state index in [0.717, 1.165) is 45.0 Å². The molecule has 1 aliphatic heterocycles. The lowest BCUT2D eigenvalue weighted by Crippen LogP contribution is -2.43. The highest BCUT2D eigenvalue weighted by Crippen LogP contribution is 2.28. The smallest absolute Gasteiger partial charge is 0.149 e. The Morgan fingerprint density at radius 1 is 1.26 bits per heavy atom. The number of hydrogen-bond donors (Lipinski definition) is 1. The normalized spacial score (nSPS) is 16.9. The van der Waals surface area contributed by atoms with Crippen LogP contribution in [0.4, 0.5) is 14.5 Å². The van der Waals surface area contributed by atoms with Crippen molar-refractivity contribution >= 4 is 21.6 Å². The summed E-state index contributed by atoms with van der Waals surface area (Å²) in [7, 11) is 0. The minimum absolute atomic E-state index is 0.315. The van der Waals surface area contributed by atoms with Crippen molar-refractivity contribution in [1.29, 1.82) is 0 Å². The van der Waals surface area contributed by atoms with Crippen molar-refractivity contribution < 1.29 is 8.78 Å². The zero-order valence-corrected chi connectivity index (χ0v) is 12.6. The monoisotopic (exact) mass is 332 g/mol. The average molecular weight is 333 g/mol. The van der Waals surface area contributed by atoms with Gasteiger partial charge in [-0.3, -0.25) is 0 Å². The van der Waals surface area contributed by atoms with E-state index < -0.39 is 11.6 Å². The summed E-state index contributed by atoms with van der Waals surface area (Å²) < 4.78 is 27.3. The minimum atomic E-state index is -0.555. The molecule has 0 aromatic heterocycles. The van der Waals surface area contributed by atoms with E-state index in [1.807, 2.05) is 4.90 Å². The Morgan fingerprint density at radius 3 is 2.58 bits per heavy atom. The van der Waals surface area contributed by atoms with Crippen LogP contribution in [0.15, 0.2) is 16.6 Å². The van der Waals surface area contributed by atoms with Gasteiger partial charge in [0.1, 0.15) is 11.6 Å². The Balaban J connectivity index is 1.99. The first kappa shape index (κ1) is 14.7. The van der Waals surface area contributed by atoms with Crippen LogP contribution >= 0.6 is 15.9 Å². The van der Waals surface area contributed by atoms with Crippen LogP contribution in [0.25, 0.3) is 0 Å². The number of nitrogens with one attached hydrogen (secondary N) is 1. The SMILES string of the molecule is CCCNC1CCN(c2cc(Br)c(F)cc2F)CC1. The lowest BCUT2D eigenvalue weighted by Gasteiger charge is -2.34. The van der Waals surface area contributed by atoms with Crippen molar-refractivity contribution in [1.82, 2.24) is 5.32 Å². The van der Waals surface area contributed by atoms with Crippen molar-refractivity contribution in [3.63, 3.8) is 0 Å². The summed E-state index contributed by atoms with van der Waals surface area (Å²) in [5.41, 5.74) is 0.488. The van der Waals surface area contributed by atoms with Gasteiger partial charge in [0.25, 0.3) is 0 Å². The topological polar surface area (TPSA) is 15.3 Å². The van der Waals surface area contributed by atoms with Crippen LogP contribution in [-0.2, 0) is 0 Å². The number of rotatable bonds is 4. The summed E-state index contributed by atoms with van der Waals surface area (Å²) in [6.45, 7) is 4.78. The van der Waals surface area contributed by atoms with E-state index >= 15 is 0 Å². The first-order valence-corrected chi connectivity index (χ1v) is 7.54. The van der Waals surface area contributed by atoms with Gasteiger partial charge in [-0.15, -0.1) is 0 Å². The highest BCUT2D eigenvalue weighted by atomic mass is 79.9. The molecule has 1 aromatic rings. The molecule has 0 radical (unpaired) electrons. The van der Waals surface area contributed by atoms with Gasteiger partial charge in [-0.2, -0.15) is 0 Å². The maximum Gasteiger partial charge on any atom is 0.149 e. The second-order valence-electron chi connectivity index (χ2n) is 4.93. The van der Waals surface area contributed by atoms with Crippen molar-refractivity contribution in [2.24, 2.45) is 0 Å². The largest absolute Gasteiger partial charge is 0.369 e. The van der Waals surface area contributed by atoms with E-state index in [9.17, 15) is 8.78 Å². The van der Waals surface area contributed by atoms with E-state index in [1.165, 1.54) is 6.07 Å². The molecule has 19 heavy (non-hydrogen) atoms. The maximum absolute atomic E-state index is 13.8. The molecule has 0 spiro atoms. The first-order valence-electron chi connectivity index (χ1n) is 6.74. The van der Waals surface area contributed by atoms with Crippen LogP contribution in [-0.4, -0.2) is 25.7 Å². The molecule has 0 atom stereocenters. The Kier molecular flexibility index (Phi) is 5.16. The number of benzene rings is 1. The molecule has 0 aliphatic carbocycles. The Morgan fingerprint density at radius 2 is 1.95 bits per heavy atom. The fourth-order valence-electron chi connectivity index (χ4n) is 2.43. The van der Waals surface area contributed by atoms with Gasteiger partial charge >= 0.3 is 0 Å². The Hall–Kier alpha value is -0.680. The predicted octanol–water partition coefficient (Wildman–Crippen LogP) is 3.70.